The van der Waals surface area contributed by atoms with E-state index < -0.39 is 0 Å². The zero-order chi connectivity index (χ0) is 12.1. The number of H-pyrrole nitrogens is 1. The SMILES string of the molecule is CCCCCOC(=O)c1ccc2[c]c[nH]c2c1. The number of fused-ring (bicyclic) bond motifs is 1. The number of carbonyl (C=O) groups is 1. The highest BCUT2D eigenvalue weighted by atomic mass is 16.5. The molecule has 0 saturated heterocycles. The molecular formula is C14H16NO2. The minimum absolute atomic E-state index is 0.252. The van der Waals surface area contributed by atoms with Crippen LogP contribution >= 0.6 is 0 Å². The number of rotatable bonds is 5. The van der Waals surface area contributed by atoms with Crippen molar-refractivity contribution in [1.29, 1.82) is 0 Å². The Labute approximate surface area is 101 Å². The molecule has 1 aromatic carbocycles. The van der Waals surface area contributed by atoms with Crippen LogP contribution in [0.25, 0.3) is 10.9 Å². The molecule has 2 aromatic rings. The lowest BCUT2D eigenvalue weighted by Crippen LogP contribution is -2.06. The van der Waals surface area contributed by atoms with Crippen molar-refractivity contribution in [3.8, 4) is 0 Å². The number of ether oxygens (including phenoxy) is 1. The van der Waals surface area contributed by atoms with Crippen molar-refractivity contribution in [2.24, 2.45) is 0 Å². The van der Waals surface area contributed by atoms with Crippen molar-refractivity contribution in [2.75, 3.05) is 6.61 Å². The van der Waals surface area contributed by atoms with Gasteiger partial charge in [-0.3, -0.25) is 0 Å². The van der Waals surface area contributed by atoms with Gasteiger partial charge in [-0.15, -0.1) is 0 Å². The molecule has 0 saturated carbocycles. The number of unbranched alkanes of at least 4 members (excludes halogenated alkanes) is 2. The van der Waals surface area contributed by atoms with Crippen molar-refractivity contribution < 1.29 is 9.53 Å². The van der Waals surface area contributed by atoms with Crippen molar-refractivity contribution in [3.05, 3.63) is 36.0 Å². The fraction of sp³-hybridized carbons (Fsp3) is 0.357. The number of aromatic amines is 1. The molecule has 3 nitrogen and oxygen atoms in total. The monoisotopic (exact) mass is 230 g/mol. The molecule has 0 spiro atoms. The maximum absolute atomic E-state index is 11.7. The van der Waals surface area contributed by atoms with Crippen LogP contribution in [-0.4, -0.2) is 17.6 Å². The molecule has 0 atom stereocenters. The van der Waals surface area contributed by atoms with Crippen molar-refractivity contribution in [3.63, 3.8) is 0 Å². The highest BCUT2D eigenvalue weighted by Gasteiger charge is 2.07. The summed E-state index contributed by atoms with van der Waals surface area (Å²) in [6.07, 6.45) is 4.89. The Morgan fingerprint density at radius 3 is 3.12 bits per heavy atom. The Hall–Kier alpha value is -1.77. The second-order valence-electron chi connectivity index (χ2n) is 4.04. The van der Waals surface area contributed by atoms with Crippen molar-refractivity contribution in [1.82, 2.24) is 4.98 Å². The number of hydrogen-bond acceptors (Lipinski definition) is 2. The number of esters is 1. The fourth-order valence-corrected chi connectivity index (χ4v) is 1.71. The normalized spacial score (nSPS) is 10.6. The Morgan fingerprint density at radius 2 is 2.29 bits per heavy atom. The first-order valence-corrected chi connectivity index (χ1v) is 5.97. The van der Waals surface area contributed by atoms with Crippen molar-refractivity contribution >= 4 is 16.9 Å². The number of hydrogen-bond donors (Lipinski definition) is 1. The third kappa shape index (κ3) is 2.87. The summed E-state index contributed by atoms with van der Waals surface area (Å²) in [5.74, 6) is -0.252. The molecule has 17 heavy (non-hydrogen) atoms. The summed E-state index contributed by atoms with van der Waals surface area (Å²) in [4.78, 5) is 14.8. The van der Waals surface area contributed by atoms with Crippen LogP contribution in [0.15, 0.2) is 24.4 Å². The second-order valence-corrected chi connectivity index (χ2v) is 4.04. The average Bonchev–Trinajstić information content (AvgIpc) is 2.81. The van der Waals surface area contributed by atoms with Crippen LogP contribution < -0.4 is 0 Å². The quantitative estimate of drug-likeness (QED) is 0.632. The van der Waals surface area contributed by atoms with Gasteiger partial charge in [0, 0.05) is 23.2 Å². The summed E-state index contributed by atoms with van der Waals surface area (Å²) >= 11 is 0. The molecular weight excluding hydrogens is 214 g/mol. The van der Waals surface area contributed by atoms with Crippen LogP contribution in [0.2, 0.25) is 0 Å². The summed E-state index contributed by atoms with van der Waals surface area (Å²) in [7, 11) is 0. The van der Waals surface area contributed by atoms with Gasteiger partial charge < -0.3 is 9.72 Å². The molecule has 1 radical (unpaired) electrons. The standard InChI is InChI=1S/C14H16NO2/c1-2-3-4-9-17-14(16)12-6-5-11-7-8-15-13(11)10-12/h5-6,8,10,15H,2-4,9H2,1H3. The molecule has 0 aliphatic carbocycles. The van der Waals surface area contributed by atoms with Gasteiger partial charge in [-0.25, -0.2) is 4.79 Å². The number of benzene rings is 1. The van der Waals surface area contributed by atoms with E-state index in [2.05, 4.69) is 18.0 Å². The van der Waals surface area contributed by atoms with Crippen LogP contribution in [0.1, 0.15) is 36.5 Å². The highest BCUT2D eigenvalue weighted by Crippen LogP contribution is 2.14. The van der Waals surface area contributed by atoms with E-state index in [0.29, 0.717) is 12.2 Å². The van der Waals surface area contributed by atoms with Gasteiger partial charge in [-0.2, -0.15) is 0 Å². The molecule has 0 amide bonds. The van der Waals surface area contributed by atoms with E-state index in [1.807, 2.05) is 6.07 Å². The van der Waals surface area contributed by atoms with E-state index in [1.54, 1.807) is 18.3 Å². The molecule has 1 N–H and O–H groups in total. The molecule has 0 bridgehead atoms. The molecule has 2 rings (SSSR count). The fourth-order valence-electron chi connectivity index (χ4n) is 1.71. The summed E-state index contributed by atoms with van der Waals surface area (Å²) in [6.45, 7) is 2.62. The smallest absolute Gasteiger partial charge is 0.338 e. The van der Waals surface area contributed by atoms with Crippen LogP contribution in [0.5, 0.6) is 0 Å². The van der Waals surface area contributed by atoms with E-state index in [4.69, 9.17) is 4.74 Å². The third-order valence-electron chi connectivity index (χ3n) is 2.69. The van der Waals surface area contributed by atoms with Crippen LogP contribution in [0.3, 0.4) is 0 Å². The Morgan fingerprint density at radius 1 is 1.41 bits per heavy atom. The van der Waals surface area contributed by atoms with Crippen LogP contribution in [0.4, 0.5) is 0 Å². The van der Waals surface area contributed by atoms with Gasteiger partial charge in [0.25, 0.3) is 0 Å². The minimum atomic E-state index is -0.252. The zero-order valence-electron chi connectivity index (χ0n) is 9.95. The van der Waals surface area contributed by atoms with E-state index in [0.717, 1.165) is 30.2 Å². The Bertz CT molecular complexity index is 502. The first-order chi connectivity index (χ1) is 8.31. The van der Waals surface area contributed by atoms with E-state index in [1.165, 1.54) is 0 Å². The molecule has 0 aliphatic heterocycles. The Balaban J connectivity index is 1.98. The molecule has 0 fully saturated rings. The van der Waals surface area contributed by atoms with E-state index in [9.17, 15) is 4.79 Å². The van der Waals surface area contributed by atoms with E-state index in [-0.39, 0.29) is 5.97 Å². The van der Waals surface area contributed by atoms with Gasteiger partial charge in [0.15, 0.2) is 0 Å². The topological polar surface area (TPSA) is 42.1 Å². The summed E-state index contributed by atoms with van der Waals surface area (Å²) in [5.41, 5.74) is 1.50. The third-order valence-corrected chi connectivity index (χ3v) is 2.69. The zero-order valence-corrected chi connectivity index (χ0v) is 9.95. The predicted molar refractivity (Wildman–Crippen MR) is 66.9 cm³/mol. The summed E-state index contributed by atoms with van der Waals surface area (Å²) in [5, 5.41) is 0.979. The lowest BCUT2D eigenvalue weighted by atomic mass is 10.2. The van der Waals surface area contributed by atoms with Gasteiger partial charge in [-0.1, -0.05) is 25.8 Å². The number of carbonyl (C=O) groups excluding carboxylic acids is 1. The largest absolute Gasteiger partial charge is 0.462 e. The highest BCUT2D eigenvalue weighted by molar-refractivity contribution is 5.94. The summed E-state index contributed by atoms with van der Waals surface area (Å²) in [6, 6.07) is 8.48. The molecule has 1 heterocycles. The summed E-state index contributed by atoms with van der Waals surface area (Å²) < 4.78 is 5.19. The van der Waals surface area contributed by atoms with Crippen LogP contribution in [-0.2, 0) is 4.74 Å². The van der Waals surface area contributed by atoms with E-state index >= 15 is 0 Å². The molecule has 1 aromatic heterocycles. The molecule has 0 aliphatic rings. The first kappa shape index (κ1) is 11.7. The molecule has 0 unspecified atom stereocenters. The Kier molecular flexibility index (Phi) is 3.81. The second kappa shape index (κ2) is 5.53. The average molecular weight is 230 g/mol. The van der Waals surface area contributed by atoms with Crippen molar-refractivity contribution in [2.45, 2.75) is 26.2 Å². The van der Waals surface area contributed by atoms with Gasteiger partial charge in [0.2, 0.25) is 0 Å². The first-order valence-electron chi connectivity index (χ1n) is 5.97. The minimum Gasteiger partial charge on any atom is -0.462 e. The molecule has 89 valence electrons. The lowest BCUT2D eigenvalue weighted by molar-refractivity contribution is 0.0498. The van der Waals surface area contributed by atoms with Gasteiger partial charge in [0.05, 0.1) is 12.2 Å². The predicted octanol–water partition coefficient (Wildman–Crippen LogP) is 3.32. The van der Waals surface area contributed by atoms with Crippen LogP contribution in [0, 0.1) is 6.07 Å². The number of nitrogens with one attached hydrogen (secondary N) is 1. The maximum atomic E-state index is 11.7. The number of aromatic nitrogens is 1. The molecule has 3 heteroatoms. The lowest BCUT2D eigenvalue weighted by Gasteiger charge is -2.04. The van der Waals surface area contributed by atoms with Gasteiger partial charge >= 0.3 is 5.97 Å². The van der Waals surface area contributed by atoms with Gasteiger partial charge in [-0.05, 0) is 18.6 Å². The van der Waals surface area contributed by atoms with Gasteiger partial charge in [0.1, 0.15) is 0 Å². The maximum Gasteiger partial charge on any atom is 0.338 e.